The summed E-state index contributed by atoms with van der Waals surface area (Å²) in [5, 5.41) is 6.30. The number of nitrogens with zero attached hydrogens (tertiary/aromatic N) is 1. The highest BCUT2D eigenvalue weighted by Gasteiger charge is 2.36. The predicted molar refractivity (Wildman–Crippen MR) is 118 cm³/mol. The Kier molecular flexibility index (Phi) is 5.71. The summed E-state index contributed by atoms with van der Waals surface area (Å²) >= 11 is 0. The highest BCUT2D eigenvalue weighted by molar-refractivity contribution is 5.99. The van der Waals surface area contributed by atoms with Crippen LogP contribution in [0.4, 0.5) is 10.1 Å². The van der Waals surface area contributed by atoms with Gasteiger partial charge in [-0.3, -0.25) is 9.59 Å². The van der Waals surface area contributed by atoms with E-state index in [4.69, 9.17) is 0 Å². The number of anilines is 1. The molecular weight excluding hydrogens is 393 g/mol. The summed E-state index contributed by atoms with van der Waals surface area (Å²) in [6.45, 7) is 4.15. The first-order chi connectivity index (χ1) is 14.9. The second-order valence-corrected chi connectivity index (χ2v) is 7.90. The van der Waals surface area contributed by atoms with E-state index in [-0.39, 0.29) is 23.7 Å². The van der Waals surface area contributed by atoms with E-state index in [1.165, 1.54) is 12.1 Å². The van der Waals surface area contributed by atoms with Crippen molar-refractivity contribution in [2.75, 3.05) is 5.32 Å². The van der Waals surface area contributed by atoms with Crippen LogP contribution in [0.5, 0.6) is 0 Å². The van der Waals surface area contributed by atoms with Crippen molar-refractivity contribution in [3.05, 3.63) is 101 Å². The van der Waals surface area contributed by atoms with Crippen LogP contribution in [-0.4, -0.2) is 22.8 Å². The van der Waals surface area contributed by atoms with Crippen LogP contribution in [0, 0.1) is 5.82 Å². The highest BCUT2D eigenvalue weighted by atomic mass is 19.1. The molecule has 1 atom stereocenters. The largest absolute Gasteiger partial charge is 0.361 e. The number of hydrogen-bond donors (Lipinski definition) is 2. The van der Waals surface area contributed by atoms with Crippen LogP contribution in [0.2, 0.25) is 0 Å². The van der Waals surface area contributed by atoms with Crippen molar-refractivity contribution in [1.82, 2.24) is 10.2 Å². The zero-order chi connectivity index (χ0) is 22.0. The van der Waals surface area contributed by atoms with Crippen LogP contribution in [0.3, 0.4) is 0 Å². The van der Waals surface area contributed by atoms with Crippen molar-refractivity contribution in [2.24, 2.45) is 0 Å². The maximum atomic E-state index is 13.3. The summed E-state index contributed by atoms with van der Waals surface area (Å²) in [4.78, 5) is 27.2. The Morgan fingerprint density at radius 1 is 1.03 bits per heavy atom. The van der Waals surface area contributed by atoms with E-state index < -0.39 is 6.17 Å². The van der Waals surface area contributed by atoms with Crippen LogP contribution < -0.4 is 10.6 Å². The minimum atomic E-state index is -0.405. The molecule has 1 unspecified atom stereocenters. The van der Waals surface area contributed by atoms with Crippen molar-refractivity contribution in [1.29, 1.82) is 0 Å². The van der Waals surface area contributed by atoms with Gasteiger partial charge in [-0.15, -0.1) is 0 Å². The van der Waals surface area contributed by atoms with E-state index in [2.05, 4.69) is 10.6 Å². The molecule has 0 bridgehead atoms. The van der Waals surface area contributed by atoms with Crippen LogP contribution in [0.15, 0.2) is 72.8 Å². The van der Waals surface area contributed by atoms with Gasteiger partial charge in [0.15, 0.2) is 0 Å². The van der Waals surface area contributed by atoms with Gasteiger partial charge in [-0.25, -0.2) is 4.39 Å². The number of hydrogen-bond acceptors (Lipinski definition) is 3. The second kappa shape index (κ2) is 8.60. The molecule has 31 heavy (non-hydrogen) atoms. The molecule has 0 spiro atoms. The second-order valence-electron chi connectivity index (χ2n) is 7.90. The molecule has 0 radical (unpaired) electrons. The van der Waals surface area contributed by atoms with Crippen molar-refractivity contribution >= 4 is 17.5 Å². The van der Waals surface area contributed by atoms with E-state index in [9.17, 15) is 14.0 Å². The summed E-state index contributed by atoms with van der Waals surface area (Å²) in [5.41, 5.74) is 3.61. The first-order valence-corrected chi connectivity index (χ1v) is 10.2. The first kappa shape index (κ1) is 20.6. The molecule has 3 aromatic carbocycles. The monoisotopic (exact) mass is 417 g/mol. The van der Waals surface area contributed by atoms with Gasteiger partial charge < -0.3 is 15.5 Å². The maximum absolute atomic E-state index is 13.3. The summed E-state index contributed by atoms with van der Waals surface area (Å²) in [5.74, 6) is -0.554. The standard InChI is InChI=1S/C25H24FN3O2/c1-16(2)27-24(30)18-6-5-7-20(14-18)28-23-21-8-3-4-9-22(21)25(31)29(23)15-17-10-12-19(26)13-11-17/h3-14,16,23,28H,15H2,1-2H3,(H,27,30). The van der Waals surface area contributed by atoms with Gasteiger partial charge in [0.2, 0.25) is 0 Å². The lowest BCUT2D eigenvalue weighted by Gasteiger charge is -2.27. The lowest BCUT2D eigenvalue weighted by atomic mass is 10.1. The molecule has 5 nitrogen and oxygen atoms in total. The molecule has 1 aliphatic heterocycles. The Labute approximate surface area is 180 Å². The average molecular weight is 417 g/mol. The van der Waals surface area contributed by atoms with Crippen molar-refractivity contribution in [3.63, 3.8) is 0 Å². The normalized spacial score (nSPS) is 15.2. The Morgan fingerprint density at radius 2 is 1.77 bits per heavy atom. The molecule has 0 saturated heterocycles. The number of fused-ring (bicyclic) bond motifs is 1. The fourth-order valence-electron chi connectivity index (χ4n) is 3.73. The van der Waals surface area contributed by atoms with Gasteiger partial charge in [0.25, 0.3) is 11.8 Å². The topological polar surface area (TPSA) is 61.4 Å². The van der Waals surface area contributed by atoms with Gasteiger partial charge >= 0.3 is 0 Å². The third-order valence-corrected chi connectivity index (χ3v) is 5.17. The van der Waals surface area contributed by atoms with Crippen molar-refractivity contribution in [3.8, 4) is 0 Å². The van der Waals surface area contributed by atoms with Gasteiger partial charge in [0.1, 0.15) is 12.0 Å². The van der Waals surface area contributed by atoms with Crippen LogP contribution >= 0.6 is 0 Å². The Hall–Kier alpha value is -3.67. The van der Waals surface area contributed by atoms with E-state index in [1.54, 1.807) is 29.2 Å². The fourth-order valence-corrected chi connectivity index (χ4v) is 3.73. The molecule has 1 aliphatic rings. The number of amides is 2. The number of halogens is 1. The summed E-state index contributed by atoms with van der Waals surface area (Å²) in [6, 6.07) is 20.9. The van der Waals surface area contributed by atoms with Crippen molar-refractivity contribution in [2.45, 2.75) is 32.6 Å². The van der Waals surface area contributed by atoms with Crippen LogP contribution in [0.25, 0.3) is 0 Å². The molecular formula is C25H24FN3O2. The fraction of sp³-hybridized carbons (Fsp3) is 0.200. The lowest BCUT2D eigenvalue weighted by molar-refractivity contribution is 0.0728. The predicted octanol–water partition coefficient (Wildman–Crippen LogP) is 4.73. The Bertz CT molecular complexity index is 1110. The zero-order valence-electron chi connectivity index (χ0n) is 17.4. The lowest BCUT2D eigenvalue weighted by Crippen LogP contribution is -2.32. The third kappa shape index (κ3) is 4.43. The quantitative estimate of drug-likeness (QED) is 0.610. The molecule has 2 N–H and O–H groups in total. The van der Waals surface area contributed by atoms with Gasteiger partial charge in [0.05, 0.1) is 0 Å². The number of carbonyl (C=O) groups excluding carboxylic acids is 2. The molecule has 0 fully saturated rings. The summed E-state index contributed by atoms with van der Waals surface area (Å²) in [7, 11) is 0. The highest BCUT2D eigenvalue weighted by Crippen LogP contribution is 2.35. The van der Waals surface area contributed by atoms with Crippen LogP contribution in [-0.2, 0) is 6.54 Å². The van der Waals surface area contributed by atoms with E-state index in [1.807, 2.05) is 50.2 Å². The van der Waals surface area contributed by atoms with Gasteiger partial charge in [-0.1, -0.05) is 36.4 Å². The molecule has 0 aromatic heterocycles. The zero-order valence-corrected chi connectivity index (χ0v) is 17.4. The number of carbonyl (C=O) groups is 2. The summed E-state index contributed by atoms with van der Waals surface area (Å²) < 4.78 is 13.3. The van der Waals surface area contributed by atoms with E-state index in [0.717, 1.165) is 16.8 Å². The number of nitrogens with one attached hydrogen (secondary N) is 2. The smallest absolute Gasteiger partial charge is 0.256 e. The summed E-state index contributed by atoms with van der Waals surface area (Å²) in [6.07, 6.45) is -0.405. The molecule has 6 heteroatoms. The van der Waals surface area contributed by atoms with Crippen molar-refractivity contribution < 1.29 is 14.0 Å². The van der Waals surface area contributed by atoms with Crippen LogP contribution in [0.1, 0.15) is 51.9 Å². The Morgan fingerprint density at radius 3 is 2.52 bits per heavy atom. The molecule has 158 valence electrons. The molecule has 1 heterocycles. The number of rotatable bonds is 6. The first-order valence-electron chi connectivity index (χ1n) is 10.2. The van der Waals surface area contributed by atoms with E-state index in [0.29, 0.717) is 17.7 Å². The third-order valence-electron chi connectivity index (χ3n) is 5.17. The molecule has 0 saturated carbocycles. The molecule has 0 aliphatic carbocycles. The maximum Gasteiger partial charge on any atom is 0.256 e. The minimum absolute atomic E-state index is 0.0367. The molecule has 2 amide bonds. The van der Waals surface area contributed by atoms with E-state index >= 15 is 0 Å². The Balaban J connectivity index is 1.63. The minimum Gasteiger partial charge on any atom is -0.361 e. The van der Waals surface area contributed by atoms with Gasteiger partial charge in [-0.05, 0) is 55.8 Å². The molecule has 4 rings (SSSR count). The SMILES string of the molecule is CC(C)NC(=O)c1cccc(NC2c3ccccc3C(=O)N2Cc2ccc(F)cc2)c1. The van der Waals surface area contributed by atoms with Gasteiger partial charge in [0, 0.05) is 35.0 Å². The average Bonchev–Trinajstić information content (AvgIpc) is 3.01. The number of benzene rings is 3. The molecule has 3 aromatic rings. The van der Waals surface area contributed by atoms with Gasteiger partial charge in [-0.2, -0.15) is 0 Å².